The predicted octanol–water partition coefficient (Wildman–Crippen LogP) is 6.55. The molecule has 0 aromatic heterocycles. The van der Waals surface area contributed by atoms with Gasteiger partial charge < -0.3 is 0 Å². The van der Waals surface area contributed by atoms with E-state index in [0.29, 0.717) is 12.0 Å². The zero-order valence-electron chi connectivity index (χ0n) is 14.7. The molecule has 1 rings (SSSR count). The second-order valence-corrected chi connectivity index (χ2v) is 6.82. The van der Waals surface area contributed by atoms with Crippen LogP contribution in [-0.4, -0.2) is 6.54 Å². The predicted molar refractivity (Wildman–Crippen MR) is 96.1 cm³/mol. The van der Waals surface area contributed by atoms with E-state index in [-0.39, 0.29) is 0 Å². The van der Waals surface area contributed by atoms with E-state index in [4.69, 9.17) is 5.53 Å². The summed E-state index contributed by atoms with van der Waals surface area (Å²) in [6.07, 6.45) is 16.5. The lowest BCUT2D eigenvalue weighted by atomic mass is 9.72. The molecular formula is C20H30N2. The maximum atomic E-state index is 6.77. The van der Waals surface area contributed by atoms with Crippen molar-refractivity contribution in [3.63, 3.8) is 0 Å². The molecule has 0 saturated carbocycles. The monoisotopic (exact) mass is 298 g/mol. The third-order valence-electron chi connectivity index (χ3n) is 4.28. The molecule has 0 aromatic rings. The molecule has 0 amide bonds. The van der Waals surface area contributed by atoms with Gasteiger partial charge in [0.05, 0.1) is 6.54 Å². The van der Waals surface area contributed by atoms with Crippen LogP contribution in [0.1, 0.15) is 53.9 Å². The maximum Gasteiger partial charge on any atom is 0.0783 e. The van der Waals surface area contributed by atoms with Gasteiger partial charge in [-0.3, -0.25) is 0 Å². The third kappa shape index (κ3) is 5.97. The lowest BCUT2D eigenvalue weighted by Crippen LogP contribution is -2.19. The first-order valence-electron chi connectivity index (χ1n) is 8.10. The van der Waals surface area contributed by atoms with Crippen LogP contribution in [0.5, 0.6) is 0 Å². The van der Waals surface area contributed by atoms with Gasteiger partial charge in [-0.25, -0.2) is 5.53 Å². The Balaban J connectivity index is 2.75. The number of hydrogen-bond donors (Lipinski definition) is 1. The Labute approximate surface area is 135 Å². The van der Waals surface area contributed by atoms with E-state index < -0.39 is 0 Å². The van der Waals surface area contributed by atoms with Crippen molar-refractivity contribution in [2.24, 2.45) is 10.5 Å². The summed E-state index contributed by atoms with van der Waals surface area (Å²) in [5.74, 6) is 0. The summed E-state index contributed by atoms with van der Waals surface area (Å²) < 4.78 is 0. The van der Waals surface area contributed by atoms with E-state index in [2.05, 4.69) is 63.2 Å². The molecule has 2 heteroatoms. The van der Waals surface area contributed by atoms with E-state index in [9.17, 15) is 0 Å². The molecule has 0 spiro atoms. The van der Waals surface area contributed by atoms with Gasteiger partial charge in [-0.1, -0.05) is 67.0 Å². The molecule has 1 aliphatic carbocycles. The summed E-state index contributed by atoms with van der Waals surface area (Å²) in [7, 11) is 0. The average molecular weight is 298 g/mol. The van der Waals surface area contributed by atoms with Crippen LogP contribution in [0.4, 0.5) is 0 Å². The van der Waals surface area contributed by atoms with Gasteiger partial charge >= 0.3 is 0 Å². The van der Waals surface area contributed by atoms with Crippen LogP contribution in [0.15, 0.2) is 63.9 Å². The zero-order valence-corrected chi connectivity index (χ0v) is 14.7. The summed E-state index contributed by atoms with van der Waals surface area (Å²) >= 11 is 0. The van der Waals surface area contributed by atoms with E-state index >= 15 is 0 Å². The van der Waals surface area contributed by atoms with Crippen molar-refractivity contribution in [1.29, 1.82) is 5.53 Å². The summed E-state index contributed by atoms with van der Waals surface area (Å²) in [5.41, 5.74) is 12.5. The van der Waals surface area contributed by atoms with E-state index in [1.807, 2.05) is 13.0 Å². The highest BCUT2D eigenvalue weighted by Crippen LogP contribution is 2.40. The van der Waals surface area contributed by atoms with Crippen molar-refractivity contribution in [1.82, 2.24) is 0 Å². The molecule has 0 radical (unpaired) electrons. The molecule has 1 aliphatic rings. The number of allylic oxidation sites excluding steroid dienone is 9. The molecule has 0 atom stereocenters. The third-order valence-corrected chi connectivity index (χ3v) is 4.28. The summed E-state index contributed by atoms with van der Waals surface area (Å²) in [6, 6.07) is 0. The van der Waals surface area contributed by atoms with Gasteiger partial charge in [0.1, 0.15) is 0 Å². The topological polar surface area (TPSA) is 36.2 Å². The minimum atomic E-state index is 0.300. The molecule has 0 heterocycles. The highest BCUT2D eigenvalue weighted by Gasteiger charge is 2.26. The molecule has 120 valence electrons. The summed E-state index contributed by atoms with van der Waals surface area (Å²) in [6.45, 7) is 11.6. The van der Waals surface area contributed by atoms with Gasteiger partial charge in [-0.05, 0) is 51.0 Å². The zero-order chi connectivity index (χ0) is 16.6. The fraction of sp³-hybridized carbons (Fsp3) is 0.500. The Morgan fingerprint density at radius 2 is 1.95 bits per heavy atom. The van der Waals surface area contributed by atoms with Crippen molar-refractivity contribution in [3.8, 4) is 0 Å². The molecule has 0 saturated heterocycles. The van der Waals surface area contributed by atoms with E-state index in [1.165, 1.54) is 36.0 Å². The largest absolute Gasteiger partial charge is 0.210 e. The fourth-order valence-corrected chi connectivity index (χ4v) is 2.89. The first-order valence-corrected chi connectivity index (χ1v) is 8.10. The van der Waals surface area contributed by atoms with Crippen molar-refractivity contribution in [2.75, 3.05) is 6.54 Å². The van der Waals surface area contributed by atoms with Gasteiger partial charge in [0.2, 0.25) is 0 Å². The van der Waals surface area contributed by atoms with Gasteiger partial charge in [0.25, 0.3) is 0 Å². The van der Waals surface area contributed by atoms with Crippen molar-refractivity contribution in [2.45, 2.75) is 53.9 Å². The standard InChI is InChI=1S/C20H30N2/c1-16(8-6-9-17(2)13-15-22-21)11-12-19-18(3)10-7-14-20(19,4)5/h6,8-9,11-13,21H,7,10,14-15H2,1-5H3. The van der Waals surface area contributed by atoms with Crippen LogP contribution in [0.2, 0.25) is 0 Å². The molecule has 1 N–H and O–H groups in total. The highest BCUT2D eigenvalue weighted by atomic mass is 14.9. The van der Waals surface area contributed by atoms with Gasteiger partial charge in [-0.2, -0.15) is 5.11 Å². The Bertz CT molecular complexity index is 540. The van der Waals surface area contributed by atoms with Crippen LogP contribution < -0.4 is 0 Å². The summed E-state index contributed by atoms with van der Waals surface area (Å²) in [4.78, 5) is 0. The van der Waals surface area contributed by atoms with Gasteiger partial charge in [0, 0.05) is 0 Å². The Morgan fingerprint density at radius 1 is 1.23 bits per heavy atom. The normalized spacial score (nSPS) is 20.2. The first-order chi connectivity index (χ1) is 10.4. The van der Waals surface area contributed by atoms with Crippen LogP contribution in [0, 0.1) is 10.9 Å². The number of nitrogens with one attached hydrogen (secondary N) is 1. The van der Waals surface area contributed by atoms with E-state index in [0.717, 1.165) is 5.57 Å². The molecule has 0 aliphatic heterocycles. The van der Waals surface area contributed by atoms with E-state index in [1.54, 1.807) is 0 Å². The van der Waals surface area contributed by atoms with Crippen LogP contribution in [0.25, 0.3) is 0 Å². The second-order valence-electron chi connectivity index (χ2n) is 6.82. The van der Waals surface area contributed by atoms with Crippen LogP contribution in [-0.2, 0) is 0 Å². The Morgan fingerprint density at radius 3 is 2.59 bits per heavy atom. The highest BCUT2D eigenvalue weighted by molar-refractivity contribution is 5.37. The van der Waals surface area contributed by atoms with Gasteiger partial charge in [-0.15, -0.1) is 0 Å². The molecule has 0 aromatic carbocycles. The number of hydrogen-bond acceptors (Lipinski definition) is 2. The van der Waals surface area contributed by atoms with Crippen LogP contribution >= 0.6 is 0 Å². The molecule has 0 bridgehead atoms. The van der Waals surface area contributed by atoms with Crippen molar-refractivity contribution >= 4 is 0 Å². The SMILES string of the molecule is CC(C=CC1=C(C)CCCC1(C)C)=CC=CC(C)=CCN=N. The summed E-state index contributed by atoms with van der Waals surface area (Å²) in [5, 5.41) is 3.33. The molecule has 2 nitrogen and oxygen atoms in total. The maximum absolute atomic E-state index is 6.77. The van der Waals surface area contributed by atoms with Crippen molar-refractivity contribution < 1.29 is 0 Å². The van der Waals surface area contributed by atoms with Crippen molar-refractivity contribution in [3.05, 3.63) is 58.7 Å². The number of nitrogens with zero attached hydrogens (tertiary/aromatic N) is 1. The molecular weight excluding hydrogens is 268 g/mol. The fourth-order valence-electron chi connectivity index (χ4n) is 2.89. The Kier molecular flexibility index (Phi) is 7.23. The molecule has 0 fully saturated rings. The second kappa shape index (κ2) is 8.67. The lowest BCUT2D eigenvalue weighted by Gasteiger charge is -2.32. The molecule has 0 unspecified atom stereocenters. The quantitative estimate of drug-likeness (QED) is 0.426. The minimum Gasteiger partial charge on any atom is -0.210 e. The van der Waals surface area contributed by atoms with Crippen LogP contribution in [0.3, 0.4) is 0 Å². The smallest absolute Gasteiger partial charge is 0.0783 e. The average Bonchev–Trinajstić information content (AvgIpc) is 2.43. The Hall–Kier alpha value is -1.70. The lowest BCUT2D eigenvalue weighted by molar-refractivity contribution is 0.377. The number of rotatable bonds is 6. The van der Waals surface area contributed by atoms with Gasteiger partial charge in [0.15, 0.2) is 0 Å². The minimum absolute atomic E-state index is 0.300. The molecule has 22 heavy (non-hydrogen) atoms. The first kappa shape index (κ1) is 18.3.